The van der Waals surface area contributed by atoms with Gasteiger partial charge in [-0.2, -0.15) is 0 Å². The molecule has 0 unspecified atom stereocenters. The summed E-state index contributed by atoms with van der Waals surface area (Å²) in [5, 5.41) is 0.818. The van der Waals surface area contributed by atoms with Crippen molar-refractivity contribution >= 4 is 15.9 Å². The lowest BCUT2D eigenvalue weighted by molar-refractivity contribution is 0.302. The first-order valence-corrected chi connectivity index (χ1v) is 6.74. The van der Waals surface area contributed by atoms with Crippen molar-refractivity contribution in [1.29, 1.82) is 0 Å². The summed E-state index contributed by atoms with van der Waals surface area (Å²) in [6.45, 7) is 2.69. The van der Waals surface area contributed by atoms with Crippen molar-refractivity contribution in [1.82, 2.24) is 0 Å². The molecule has 88 valence electrons. The highest BCUT2D eigenvalue weighted by molar-refractivity contribution is 9.08. The number of hydrogen-bond donors (Lipinski definition) is 0. The van der Waals surface area contributed by atoms with Gasteiger partial charge >= 0.3 is 0 Å². The summed E-state index contributed by atoms with van der Waals surface area (Å²) in [4.78, 5) is 0. The predicted molar refractivity (Wildman–Crippen MR) is 74.6 cm³/mol. The van der Waals surface area contributed by atoms with Crippen molar-refractivity contribution in [2.24, 2.45) is 0 Å². The Hall–Kier alpha value is -1.28. The third kappa shape index (κ3) is 3.10. The molecule has 2 aromatic rings. The van der Waals surface area contributed by atoms with Gasteiger partial charge in [-0.05, 0) is 18.1 Å². The molecule has 0 fully saturated rings. The Morgan fingerprint density at radius 2 is 1.76 bits per heavy atom. The maximum atomic E-state index is 5.91. The molecule has 0 spiro atoms. The van der Waals surface area contributed by atoms with E-state index in [0.717, 1.165) is 11.1 Å². The lowest BCUT2D eigenvalue weighted by Gasteiger charge is -2.12. The van der Waals surface area contributed by atoms with E-state index in [-0.39, 0.29) is 0 Å². The number of hydrogen-bond acceptors (Lipinski definition) is 1. The Labute approximate surface area is 111 Å². The van der Waals surface area contributed by atoms with Gasteiger partial charge in [0.15, 0.2) is 0 Å². The highest BCUT2D eigenvalue weighted by Crippen LogP contribution is 2.26. The summed E-state index contributed by atoms with van der Waals surface area (Å²) in [7, 11) is 0. The van der Waals surface area contributed by atoms with E-state index in [4.69, 9.17) is 4.74 Å². The summed E-state index contributed by atoms with van der Waals surface area (Å²) in [5.74, 6) is 0.994. The van der Waals surface area contributed by atoms with Crippen molar-refractivity contribution in [2.75, 3.05) is 0 Å². The van der Waals surface area contributed by atoms with Gasteiger partial charge in [-0.15, -0.1) is 0 Å². The van der Waals surface area contributed by atoms with Crippen LogP contribution in [0.4, 0.5) is 0 Å². The van der Waals surface area contributed by atoms with Crippen LogP contribution in [0.3, 0.4) is 0 Å². The van der Waals surface area contributed by atoms with Gasteiger partial charge in [0.05, 0.1) is 0 Å². The number of para-hydroxylation sites is 1. The SMILES string of the molecule is Cc1cccc(CBr)c1OCc1ccccc1. The van der Waals surface area contributed by atoms with E-state index in [1.165, 1.54) is 16.7 Å². The van der Waals surface area contributed by atoms with Gasteiger partial charge in [0, 0.05) is 10.9 Å². The topological polar surface area (TPSA) is 9.23 Å². The van der Waals surface area contributed by atoms with Crippen LogP contribution in [0.15, 0.2) is 48.5 Å². The average molecular weight is 291 g/mol. The lowest BCUT2D eigenvalue weighted by atomic mass is 10.1. The Morgan fingerprint density at radius 3 is 2.47 bits per heavy atom. The second-order valence-electron chi connectivity index (χ2n) is 3.97. The Balaban J connectivity index is 2.14. The Morgan fingerprint density at radius 1 is 1.00 bits per heavy atom. The molecule has 0 saturated heterocycles. The zero-order valence-corrected chi connectivity index (χ0v) is 11.4. The normalized spacial score (nSPS) is 10.2. The Bertz CT molecular complexity index is 480. The molecule has 2 aromatic carbocycles. The quantitative estimate of drug-likeness (QED) is 0.755. The molecule has 0 saturated carbocycles. The van der Waals surface area contributed by atoms with Crippen LogP contribution in [0.2, 0.25) is 0 Å². The van der Waals surface area contributed by atoms with Gasteiger partial charge in [0.25, 0.3) is 0 Å². The zero-order valence-electron chi connectivity index (χ0n) is 9.82. The summed E-state index contributed by atoms with van der Waals surface area (Å²) in [6.07, 6.45) is 0. The van der Waals surface area contributed by atoms with Crippen LogP contribution in [-0.4, -0.2) is 0 Å². The monoisotopic (exact) mass is 290 g/mol. The van der Waals surface area contributed by atoms with Crippen LogP contribution in [0.1, 0.15) is 16.7 Å². The molecule has 0 atom stereocenters. The molecule has 2 heteroatoms. The zero-order chi connectivity index (χ0) is 12.1. The van der Waals surface area contributed by atoms with Crippen LogP contribution < -0.4 is 4.74 Å². The molecule has 0 N–H and O–H groups in total. The second kappa shape index (κ2) is 5.87. The maximum Gasteiger partial charge on any atom is 0.126 e. The van der Waals surface area contributed by atoms with Crippen LogP contribution >= 0.6 is 15.9 Å². The van der Waals surface area contributed by atoms with Gasteiger partial charge < -0.3 is 4.74 Å². The van der Waals surface area contributed by atoms with Crippen LogP contribution in [-0.2, 0) is 11.9 Å². The summed E-state index contributed by atoms with van der Waals surface area (Å²) >= 11 is 3.49. The van der Waals surface area contributed by atoms with Crippen LogP contribution in [0.5, 0.6) is 5.75 Å². The minimum absolute atomic E-state index is 0.617. The van der Waals surface area contributed by atoms with Gasteiger partial charge in [-0.1, -0.05) is 64.5 Å². The lowest BCUT2D eigenvalue weighted by Crippen LogP contribution is -1.99. The van der Waals surface area contributed by atoms with Gasteiger partial charge in [-0.3, -0.25) is 0 Å². The van der Waals surface area contributed by atoms with Crippen molar-refractivity contribution < 1.29 is 4.74 Å². The third-order valence-electron chi connectivity index (χ3n) is 2.66. The molecule has 0 aliphatic heterocycles. The molecule has 0 radical (unpaired) electrons. The van der Waals surface area contributed by atoms with E-state index < -0.39 is 0 Å². The van der Waals surface area contributed by atoms with E-state index >= 15 is 0 Å². The van der Waals surface area contributed by atoms with Gasteiger partial charge in [0.2, 0.25) is 0 Å². The molecule has 17 heavy (non-hydrogen) atoms. The molecule has 0 bridgehead atoms. The van der Waals surface area contributed by atoms with E-state index in [0.29, 0.717) is 6.61 Å². The number of ether oxygens (including phenoxy) is 1. The summed E-state index contributed by atoms with van der Waals surface area (Å²) in [5.41, 5.74) is 3.56. The second-order valence-corrected chi connectivity index (χ2v) is 4.53. The third-order valence-corrected chi connectivity index (χ3v) is 3.27. The number of benzene rings is 2. The molecule has 0 aliphatic carbocycles. The van der Waals surface area contributed by atoms with Crippen molar-refractivity contribution in [3.8, 4) is 5.75 Å². The molecular formula is C15H15BrO. The highest BCUT2D eigenvalue weighted by Gasteiger charge is 2.05. The van der Waals surface area contributed by atoms with Gasteiger partial charge in [0.1, 0.15) is 12.4 Å². The molecule has 2 rings (SSSR count). The highest BCUT2D eigenvalue weighted by atomic mass is 79.9. The first kappa shape index (κ1) is 12.2. The van der Waals surface area contributed by atoms with Crippen molar-refractivity contribution in [3.63, 3.8) is 0 Å². The Kier molecular flexibility index (Phi) is 4.21. The summed E-state index contributed by atoms with van der Waals surface area (Å²) in [6, 6.07) is 16.4. The number of aryl methyl sites for hydroxylation is 1. The van der Waals surface area contributed by atoms with E-state index in [1.807, 2.05) is 18.2 Å². The fraction of sp³-hybridized carbons (Fsp3) is 0.200. The minimum Gasteiger partial charge on any atom is -0.488 e. The molecule has 0 amide bonds. The maximum absolute atomic E-state index is 5.91. The van der Waals surface area contributed by atoms with E-state index in [9.17, 15) is 0 Å². The molecule has 0 aromatic heterocycles. The van der Waals surface area contributed by atoms with Crippen LogP contribution in [0, 0.1) is 6.92 Å². The molecule has 0 aliphatic rings. The standard InChI is InChI=1S/C15H15BrO/c1-12-6-5-9-14(10-16)15(12)17-11-13-7-3-2-4-8-13/h2-9H,10-11H2,1H3. The van der Waals surface area contributed by atoms with Gasteiger partial charge in [-0.25, -0.2) is 0 Å². The number of rotatable bonds is 4. The van der Waals surface area contributed by atoms with Crippen molar-refractivity contribution in [3.05, 3.63) is 65.2 Å². The predicted octanol–water partition coefficient (Wildman–Crippen LogP) is 4.47. The first-order valence-electron chi connectivity index (χ1n) is 5.62. The fourth-order valence-corrected chi connectivity index (χ4v) is 2.20. The molecule has 1 nitrogen and oxygen atoms in total. The number of alkyl halides is 1. The average Bonchev–Trinajstić information content (AvgIpc) is 2.38. The number of halogens is 1. The van der Waals surface area contributed by atoms with Crippen LogP contribution in [0.25, 0.3) is 0 Å². The minimum atomic E-state index is 0.617. The molecular weight excluding hydrogens is 276 g/mol. The summed E-state index contributed by atoms with van der Waals surface area (Å²) < 4.78 is 5.91. The smallest absolute Gasteiger partial charge is 0.126 e. The largest absolute Gasteiger partial charge is 0.488 e. The first-order chi connectivity index (χ1) is 8.31. The fourth-order valence-electron chi connectivity index (χ4n) is 1.75. The van der Waals surface area contributed by atoms with E-state index in [2.05, 4.69) is 53.2 Å². The van der Waals surface area contributed by atoms with E-state index in [1.54, 1.807) is 0 Å². The molecule has 0 heterocycles. The van der Waals surface area contributed by atoms with Crippen molar-refractivity contribution in [2.45, 2.75) is 18.9 Å².